The lowest BCUT2D eigenvalue weighted by Crippen LogP contribution is -2.12. The fourth-order valence-corrected chi connectivity index (χ4v) is 1.74. The number of hydrogen-bond acceptors (Lipinski definition) is 7. The summed E-state index contributed by atoms with van der Waals surface area (Å²) in [5, 5.41) is 7.07. The Morgan fingerprint density at radius 2 is 1.74 bits per heavy atom. The molecule has 8 heteroatoms. The van der Waals surface area contributed by atoms with Gasteiger partial charge in [-0.1, -0.05) is 11.8 Å². The van der Waals surface area contributed by atoms with Gasteiger partial charge in [0.1, 0.15) is 11.4 Å². The molecule has 1 heterocycles. The van der Waals surface area contributed by atoms with Crippen molar-refractivity contribution in [3.8, 4) is 0 Å². The van der Waals surface area contributed by atoms with Crippen molar-refractivity contribution in [1.29, 1.82) is 5.41 Å². The first-order valence-electron chi connectivity index (χ1n) is 5.12. The Labute approximate surface area is 114 Å². The van der Waals surface area contributed by atoms with Crippen LogP contribution in [0, 0.1) is 5.41 Å². The molecule has 0 saturated heterocycles. The first-order chi connectivity index (χ1) is 8.97. The van der Waals surface area contributed by atoms with Crippen LogP contribution in [0.15, 0.2) is 12.1 Å². The van der Waals surface area contributed by atoms with Crippen LogP contribution in [0.25, 0.3) is 0 Å². The number of rotatable bonds is 4. The lowest BCUT2D eigenvalue weighted by molar-refractivity contribution is 0.0585. The van der Waals surface area contributed by atoms with Crippen molar-refractivity contribution in [2.75, 3.05) is 14.2 Å². The van der Waals surface area contributed by atoms with Crippen LogP contribution in [0.5, 0.6) is 0 Å². The summed E-state index contributed by atoms with van der Waals surface area (Å²) < 4.78 is 9.12. The van der Waals surface area contributed by atoms with E-state index in [0.717, 1.165) is 11.8 Å². The molecule has 19 heavy (non-hydrogen) atoms. The summed E-state index contributed by atoms with van der Waals surface area (Å²) in [6.07, 6.45) is 0. The normalized spacial score (nSPS) is 9.79. The minimum atomic E-state index is -0.653. The molecule has 0 radical (unpaired) electrons. The molecule has 0 amide bonds. The van der Waals surface area contributed by atoms with Gasteiger partial charge in [0.05, 0.1) is 14.2 Å². The van der Waals surface area contributed by atoms with Crippen molar-refractivity contribution < 1.29 is 19.1 Å². The van der Waals surface area contributed by atoms with E-state index in [1.165, 1.54) is 26.4 Å². The van der Waals surface area contributed by atoms with Crippen LogP contribution in [-0.2, 0) is 15.2 Å². The second-order valence-corrected chi connectivity index (χ2v) is 4.40. The maximum atomic E-state index is 11.5. The van der Waals surface area contributed by atoms with Gasteiger partial charge >= 0.3 is 11.9 Å². The van der Waals surface area contributed by atoms with Gasteiger partial charge in [0.2, 0.25) is 0 Å². The van der Waals surface area contributed by atoms with Gasteiger partial charge in [-0.3, -0.25) is 5.41 Å². The van der Waals surface area contributed by atoms with Gasteiger partial charge in [-0.25, -0.2) is 14.6 Å². The van der Waals surface area contributed by atoms with Gasteiger partial charge in [-0.2, -0.15) is 0 Å². The highest BCUT2D eigenvalue weighted by molar-refractivity contribution is 8.13. The van der Waals surface area contributed by atoms with Crippen LogP contribution < -0.4 is 5.73 Å². The minimum absolute atomic E-state index is 0.00421. The van der Waals surface area contributed by atoms with E-state index in [9.17, 15) is 9.59 Å². The molecule has 1 rings (SSSR count). The summed E-state index contributed by atoms with van der Waals surface area (Å²) in [7, 11) is 2.44. The molecule has 0 atom stereocenters. The van der Waals surface area contributed by atoms with E-state index in [1.807, 2.05) is 0 Å². The lowest BCUT2D eigenvalue weighted by atomic mass is 10.2. The van der Waals surface area contributed by atoms with Crippen molar-refractivity contribution in [1.82, 2.24) is 4.98 Å². The number of hydrogen-bond donors (Lipinski definition) is 2. The SMILES string of the molecule is COC(=O)c1cc(CSC(=N)N)cc(C(=O)OC)n1. The maximum absolute atomic E-state index is 11.5. The monoisotopic (exact) mass is 283 g/mol. The number of thioether (sulfide) groups is 1. The molecule has 0 aromatic carbocycles. The van der Waals surface area contributed by atoms with E-state index in [0.29, 0.717) is 11.3 Å². The molecule has 1 aromatic rings. The average molecular weight is 283 g/mol. The van der Waals surface area contributed by atoms with Crippen molar-refractivity contribution in [2.45, 2.75) is 5.75 Å². The Balaban J connectivity index is 3.12. The number of aromatic nitrogens is 1. The number of nitrogens with one attached hydrogen (secondary N) is 1. The van der Waals surface area contributed by atoms with Crippen molar-refractivity contribution in [2.24, 2.45) is 5.73 Å². The number of methoxy groups -OCH3 is 2. The topological polar surface area (TPSA) is 115 Å². The second kappa shape index (κ2) is 6.74. The second-order valence-electron chi connectivity index (χ2n) is 3.38. The largest absolute Gasteiger partial charge is 0.464 e. The van der Waals surface area contributed by atoms with Gasteiger partial charge in [0, 0.05) is 5.75 Å². The highest BCUT2D eigenvalue weighted by atomic mass is 32.2. The Morgan fingerprint density at radius 1 is 1.26 bits per heavy atom. The number of nitrogens with zero attached hydrogens (tertiary/aromatic N) is 1. The summed E-state index contributed by atoms with van der Waals surface area (Å²) in [4.78, 5) is 26.8. The highest BCUT2D eigenvalue weighted by Crippen LogP contribution is 2.15. The van der Waals surface area contributed by atoms with Crippen LogP contribution in [0.1, 0.15) is 26.5 Å². The summed E-state index contributed by atoms with van der Waals surface area (Å²) >= 11 is 1.07. The number of carbonyl (C=O) groups is 2. The molecule has 0 aliphatic carbocycles. The fourth-order valence-electron chi connectivity index (χ4n) is 1.25. The lowest BCUT2D eigenvalue weighted by Gasteiger charge is -2.06. The Bertz CT molecular complexity index is 484. The van der Waals surface area contributed by atoms with E-state index < -0.39 is 11.9 Å². The molecule has 3 N–H and O–H groups in total. The summed E-state index contributed by atoms with van der Waals surface area (Å²) in [6.45, 7) is 0. The molecule has 102 valence electrons. The number of amidine groups is 1. The molecule has 0 aliphatic heterocycles. The number of pyridine rings is 1. The van der Waals surface area contributed by atoms with Gasteiger partial charge in [-0.05, 0) is 17.7 Å². The van der Waals surface area contributed by atoms with Crippen LogP contribution in [0.3, 0.4) is 0 Å². The third kappa shape index (κ3) is 4.25. The number of nitrogens with two attached hydrogens (primary N) is 1. The molecule has 1 aromatic heterocycles. The predicted molar refractivity (Wildman–Crippen MR) is 70.1 cm³/mol. The van der Waals surface area contributed by atoms with Crippen molar-refractivity contribution in [3.63, 3.8) is 0 Å². The third-order valence-corrected chi connectivity index (χ3v) is 2.86. The van der Waals surface area contributed by atoms with Crippen LogP contribution >= 0.6 is 11.8 Å². The maximum Gasteiger partial charge on any atom is 0.356 e. The van der Waals surface area contributed by atoms with Gasteiger partial charge in [0.15, 0.2) is 5.17 Å². The molecular weight excluding hydrogens is 270 g/mol. The van der Waals surface area contributed by atoms with Crippen molar-refractivity contribution >= 4 is 28.9 Å². The Kier molecular flexibility index (Phi) is 5.31. The Morgan fingerprint density at radius 3 is 2.11 bits per heavy atom. The molecule has 0 aliphatic rings. The zero-order valence-electron chi connectivity index (χ0n) is 10.4. The van der Waals surface area contributed by atoms with Gasteiger partial charge in [0.25, 0.3) is 0 Å². The molecule has 0 unspecified atom stereocenters. The zero-order valence-corrected chi connectivity index (χ0v) is 11.2. The quantitative estimate of drug-likeness (QED) is 0.476. The zero-order chi connectivity index (χ0) is 14.4. The van der Waals surface area contributed by atoms with E-state index >= 15 is 0 Å². The number of ether oxygens (including phenoxy) is 2. The molecule has 0 fully saturated rings. The van der Waals surface area contributed by atoms with E-state index in [2.05, 4.69) is 14.5 Å². The van der Waals surface area contributed by atoms with E-state index in [1.54, 1.807) is 0 Å². The smallest absolute Gasteiger partial charge is 0.356 e. The summed E-state index contributed by atoms with van der Waals surface area (Å²) in [5.41, 5.74) is 5.87. The molecule has 7 nitrogen and oxygen atoms in total. The molecule has 0 saturated carbocycles. The molecule has 0 bridgehead atoms. The van der Waals surface area contributed by atoms with Crippen LogP contribution in [0.4, 0.5) is 0 Å². The first-order valence-corrected chi connectivity index (χ1v) is 6.11. The van der Waals surface area contributed by atoms with Crippen LogP contribution in [0.2, 0.25) is 0 Å². The van der Waals surface area contributed by atoms with Gasteiger partial charge < -0.3 is 15.2 Å². The number of carbonyl (C=O) groups excluding carboxylic acids is 2. The summed E-state index contributed by atoms with van der Waals surface area (Å²) in [6, 6.07) is 2.96. The van der Waals surface area contributed by atoms with E-state index in [4.69, 9.17) is 11.1 Å². The van der Waals surface area contributed by atoms with Crippen molar-refractivity contribution in [3.05, 3.63) is 29.1 Å². The summed E-state index contributed by atoms with van der Waals surface area (Å²) in [5.74, 6) is -0.967. The van der Waals surface area contributed by atoms with E-state index in [-0.39, 0.29) is 16.6 Å². The highest BCUT2D eigenvalue weighted by Gasteiger charge is 2.15. The minimum Gasteiger partial charge on any atom is -0.464 e. The number of esters is 2. The molecule has 0 spiro atoms. The van der Waals surface area contributed by atoms with Crippen LogP contribution in [-0.4, -0.2) is 36.3 Å². The predicted octanol–water partition coefficient (Wildman–Crippen LogP) is 0.781. The fraction of sp³-hybridized carbons (Fsp3) is 0.273. The first kappa shape index (κ1) is 15.0. The Hall–Kier alpha value is -2.09. The van der Waals surface area contributed by atoms with Gasteiger partial charge in [-0.15, -0.1) is 0 Å². The third-order valence-electron chi connectivity index (χ3n) is 2.07. The average Bonchev–Trinajstić information content (AvgIpc) is 2.42. The molecular formula is C11H13N3O4S. The standard InChI is InChI=1S/C11H13N3O4S/c1-17-9(15)7-3-6(5-19-11(12)13)4-8(14-7)10(16)18-2/h3-4H,5H2,1-2H3,(H3,12,13).